The first kappa shape index (κ1) is 17.4. The Labute approximate surface area is 149 Å². The fourth-order valence-corrected chi connectivity index (χ4v) is 3.79. The molecule has 0 fully saturated rings. The minimum absolute atomic E-state index is 0.0480. The smallest absolute Gasteiger partial charge is 0.267 e. The maximum Gasteiger partial charge on any atom is 0.267 e. The van der Waals surface area contributed by atoms with Gasteiger partial charge in [0, 0.05) is 18.3 Å². The maximum absolute atomic E-state index is 12.8. The Hall–Kier alpha value is -2.39. The van der Waals surface area contributed by atoms with Crippen molar-refractivity contribution in [2.45, 2.75) is 24.7 Å². The largest absolute Gasteiger partial charge is 0.480 e. The van der Waals surface area contributed by atoms with E-state index in [0.717, 1.165) is 5.82 Å². The summed E-state index contributed by atoms with van der Waals surface area (Å²) in [4.78, 5) is 3.73. The Bertz CT molecular complexity index is 1030. The van der Waals surface area contributed by atoms with Gasteiger partial charge in [-0.2, -0.15) is 0 Å². The third kappa shape index (κ3) is 3.24. The predicted octanol–water partition coefficient (Wildman–Crippen LogP) is 2.71. The number of nitrogens with one attached hydrogen (secondary N) is 1. The molecule has 0 aliphatic rings. The van der Waals surface area contributed by atoms with Crippen molar-refractivity contribution in [3.8, 4) is 5.88 Å². The minimum Gasteiger partial charge on any atom is -0.480 e. The lowest BCUT2D eigenvalue weighted by Gasteiger charge is -2.12. The van der Waals surface area contributed by atoms with E-state index < -0.39 is 10.0 Å². The average molecular weight is 382 g/mol. The summed E-state index contributed by atoms with van der Waals surface area (Å²) >= 11 is 5.88. The average Bonchev–Trinajstić information content (AvgIpc) is 3.00. The number of hydrogen-bond donors (Lipinski definition) is 1. The number of nitrogens with zero attached hydrogens (tertiary/aromatic N) is 4. The molecule has 0 unspecified atom stereocenters. The van der Waals surface area contributed by atoms with Gasteiger partial charge in [0.05, 0.1) is 17.8 Å². The first-order valence-electron chi connectivity index (χ1n) is 7.39. The van der Waals surface area contributed by atoms with Crippen LogP contribution in [0.1, 0.15) is 25.6 Å². The van der Waals surface area contributed by atoms with E-state index in [4.69, 9.17) is 16.3 Å². The number of sulfonamides is 1. The van der Waals surface area contributed by atoms with E-state index in [2.05, 4.69) is 19.9 Å². The monoisotopic (exact) mass is 381 g/mol. The fraction of sp³-hybridized carbons (Fsp3) is 0.267. The SMILES string of the molecule is COc1ncc(Cl)cc1S(=O)(=O)Nc1cccn2c(C(C)C)nnc12. The number of fused-ring (bicyclic) bond motifs is 1. The van der Waals surface area contributed by atoms with E-state index in [1.54, 1.807) is 22.7 Å². The van der Waals surface area contributed by atoms with Gasteiger partial charge in [-0.05, 0) is 18.2 Å². The molecule has 0 bridgehead atoms. The van der Waals surface area contributed by atoms with Gasteiger partial charge in [0.2, 0.25) is 5.88 Å². The highest BCUT2D eigenvalue weighted by molar-refractivity contribution is 7.92. The first-order chi connectivity index (χ1) is 11.8. The molecular weight excluding hydrogens is 366 g/mol. The van der Waals surface area contributed by atoms with Crippen molar-refractivity contribution in [2.24, 2.45) is 0 Å². The lowest BCUT2D eigenvalue weighted by atomic mass is 10.2. The van der Waals surface area contributed by atoms with E-state index in [-0.39, 0.29) is 21.7 Å². The van der Waals surface area contributed by atoms with Crippen molar-refractivity contribution in [3.05, 3.63) is 41.4 Å². The summed E-state index contributed by atoms with van der Waals surface area (Å²) in [7, 11) is -2.65. The van der Waals surface area contributed by atoms with Gasteiger partial charge in [-0.15, -0.1) is 10.2 Å². The van der Waals surface area contributed by atoms with Gasteiger partial charge < -0.3 is 4.74 Å². The van der Waals surface area contributed by atoms with Gasteiger partial charge in [-0.3, -0.25) is 9.12 Å². The van der Waals surface area contributed by atoms with Crippen molar-refractivity contribution in [1.82, 2.24) is 19.6 Å². The van der Waals surface area contributed by atoms with Crippen LogP contribution in [0.3, 0.4) is 0 Å². The number of anilines is 1. The number of ether oxygens (including phenoxy) is 1. The summed E-state index contributed by atoms with van der Waals surface area (Å²) in [5, 5.41) is 8.40. The third-order valence-corrected chi connectivity index (χ3v) is 5.06. The molecule has 3 aromatic heterocycles. The third-order valence-electron chi connectivity index (χ3n) is 3.49. The number of rotatable bonds is 5. The molecule has 10 heteroatoms. The summed E-state index contributed by atoms with van der Waals surface area (Å²) in [6.45, 7) is 3.96. The molecule has 0 radical (unpaired) electrons. The van der Waals surface area contributed by atoms with Gasteiger partial charge in [-0.1, -0.05) is 25.4 Å². The quantitative estimate of drug-likeness (QED) is 0.729. The zero-order chi connectivity index (χ0) is 18.2. The van der Waals surface area contributed by atoms with E-state index in [9.17, 15) is 8.42 Å². The zero-order valence-corrected chi connectivity index (χ0v) is 15.3. The lowest BCUT2D eigenvalue weighted by molar-refractivity contribution is 0.385. The molecule has 132 valence electrons. The summed E-state index contributed by atoms with van der Waals surface area (Å²) in [5.41, 5.74) is 0.702. The molecule has 0 aliphatic carbocycles. The summed E-state index contributed by atoms with van der Waals surface area (Å²) in [6.07, 6.45) is 3.09. The minimum atomic E-state index is -3.98. The second-order valence-corrected chi connectivity index (χ2v) is 7.68. The Balaban J connectivity index is 2.08. The lowest BCUT2D eigenvalue weighted by Crippen LogP contribution is -2.15. The van der Waals surface area contributed by atoms with Crippen LogP contribution in [0.5, 0.6) is 5.88 Å². The maximum atomic E-state index is 12.8. The fourth-order valence-electron chi connectivity index (χ4n) is 2.36. The Morgan fingerprint density at radius 1 is 1.32 bits per heavy atom. The van der Waals surface area contributed by atoms with E-state index in [1.807, 2.05) is 13.8 Å². The molecule has 0 aliphatic heterocycles. The van der Waals surface area contributed by atoms with Crippen molar-refractivity contribution >= 4 is 33.0 Å². The molecule has 1 N–H and O–H groups in total. The van der Waals surface area contributed by atoms with E-state index in [0.29, 0.717) is 11.3 Å². The molecule has 8 nitrogen and oxygen atoms in total. The van der Waals surface area contributed by atoms with Crippen molar-refractivity contribution in [3.63, 3.8) is 0 Å². The van der Waals surface area contributed by atoms with Gasteiger partial charge in [0.15, 0.2) is 10.5 Å². The number of methoxy groups -OCH3 is 1. The van der Waals surface area contributed by atoms with Crippen molar-refractivity contribution in [2.75, 3.05) is 11.8 Å². The molecule has 0 amide bonds. The molecule has 25 heavy (non-hydrogen) atoms. The molecule has 0 saturated carbocycles. The van der Waals surface area contributed by atoms with Crippen molar-refractivity contribution < 1.29 is 13.2 Å². The summed E-state index contributed by atoms with van der Waals surface area (Å²) in [5.74, 6) is 0.824. The van der Waals surface area contributed by atoms with E-state index in [1.165, 1.54) is 19.4 Å². The molecular formula is C15H16ClN5O3S. The molecule has 3 heterocycles. The number of pyridine rings is 2. The van der Waals surface area contributed by atoms with Crippen LogP contribution in [0.2, 0.25) is 5.02 Å². The van der Waals surface area contributed by atoms with Crippen LogP contribution in [0.15, 0.2) is 35.5 Å². The molecule has 3 rings (SSSR count). The van der Waals surface area contributed by atoms with Gasteiger partial charge >= 0.3 is 0 Å². The zero-order valence-electron chi connectivity index (χ0n) is 13.8. The van der Waals surface area contributed by atoms with Gasteiger partial charge in [0.25, 0.3) is 10.0 Å². The van der Waals surface area contributed by atoms with Crippen LogP contribution < -0.4 is 9.46 Å². The predicted molar refractivity (Wildman–Crippen MR) is 93.7 cm³/mol. The first-order valence-corrected chi connectivity index (χ1v) is 9.25. The highest BCUT2D eigenvalue weighted by Gasteiger charge is 2.23. The molecule has 0 saturated heterocycles. The van der Waals surface area contributed by atoms with Crippen LogP contribution in [-0.2, 0) is 10.0 Å². The number of aromatic nitrogens is 4. The normalized spacial score (nSPS) is 11.9. The Morgan fingerprint density at radius 2 is 2.08 bits per heavy atom. The molecule has 0 atom stereocenters. The van der Waals surface area contributed by atoms with Gasteiger partial charge in [0.1, 0.15) is 5.82 Å². The van der Waals surface area contributed by atoms with Gasteiger partial charge in [-0.25, -0.2) is 13.4 Å². The van der Waals surface area contributed by atoms with Crippen LogP contribution in [0.4, 0.5) is 5.69 Å². The highest BCUT2D eigenvalue weighted by Crippen LogP contribution is 2.28. The topological polar surface area (TPSA) is 98.5 Å². The molecule has 0 aromatic carbocycles. The Morgan fingerprint density at radius 3 is 2.76 bits per heavy atom. The second kappa shape index (κ2) is 6.49. The van der Waals surface area contributed by atoms with E-state index >= 15 is 0 Å². The highest BCUT2D eigenvalue weighted by atomic mass is 35.5. The summed E-state index contributed by atoms with van der Waals surface area (Å²) in [6, 6.07) is 4.60. The molecule has 0 spiro atoms. The van der Waals surface area contributed by atoms with Crippen LogP contribution in [-0.4, -0.2) is 35.1 Å². The second-order valence-electron chi connectivity index (χ2n) is 5.59. The molecule has 3 aromatic rings. The standard InChI is InChI=1S/C15H16ClN5O3S/c1-9(2)13-18-19-14-11(5-4-6-21(13)14)20-25(22,23)12-7-10(16)8-17-15(12)24-3/h4-9,20H,1-3H3. The van der Waals surface area contributed by atoms with Crippen LogP contribution in [0.25, 0.3) is 5.65 Å². The Kier molecular flexibility index (Phi) is 4.53. The number of hydrogen-bond acceptors (Lipinski definition) is 6. The van der Waals surface area contributed by atoms with Crippen LogP contribution >= 0.6 is 11.6 Å². The summed E-state index contributed by atoms with van der Waals surface area (Å²) < 4.78 is 34.8. The van der Waals surface area contributed by atoms with Crippen LogP contribution in [0, 0.1) is 0 Å². The van der Waals surface area contributed by atoms with Crippen molar-refractivity contribution in [1.29, 1.82) is 0 Å². The number of halogens is 1.